The maximum absolute atomic E-state index is 13.4. The highest BCUT2D eigenvalue weighted by Crippen LogP contribution is 2.47. The Kier molecular flexibility index (Phi) is 6.24. The van der Waals surface area contributed by atoms with Crippen LogP contribution in [0.15, 0.2) is 24.3 Å². The predicted molar refractivity (Wildman–Crippen MR) is 89.5 cm³/mol. The highest BCUT2D eigenvalue weighted by atomic mass is 35.5. The second-order valence-corrected chi connectivity index (χ2v) is 6.28. The molecule has 7 nitrogen and oxygen atoms in total. The van der Waals surface area contributed by atoms with E-state index in [4.69, 9.17) is 11.6 Å². The van der Waals surface area contributed by atoms with Crippen molar-refractivity contribution in [1.82, 2.24) is 0 Å². The Bertz CT molecular complexity index is 1100. The summed E-state index contributed by atoms with van der Waals surface area (Å²) < 4.78 is 119. The van der Waals surface area contributed by atoms with Gasteiger partial charge in [-0.1, -0.05) is 11.6 Å². The van der Waals surface area contributed by atoms with Crippen LogP contribution in [0.4, 0.5) is 62.3 Å². The van der Waals surface area contributed by atoms with Crippen LogP contribution in [0.5, 0.6) is 0 Å². The van der Waals surface area contributed by atoms with Gasteiger partial charge in [-0.05, 0) is 12.1 Å². The number of hydrogen-bond acceptors (Lipinski definition) is 5. The quantitative estimate of drug-likeness (QED) is 0.280. The summed E-state index contributed by atoms with van der Waals surface area (Å²) in [6.45, 7) is 0. The van der Waals surface area contributed by atoms with Crippen molar-refractivity contribution in [2.75, 3.05) is 5.32 Å². The van der Waals surface area contributed by atoms with Gasteiger partial charge in [-0.15, -0.1) is 0 Å². The Morgan fingerprint density at radius 1 is 0.750 bits per heavy atom. The number of benzene rings is 2. The third-order valence-electron chi connectivity index (χ3n) is 3.78. The molecule has 32 heavy (non-hydrogen) atoms. The lowest BCUT2D eigenvalue weighted by molar-refractivity contribution is -0.394. The van der Waals surface area contributed by atoms with Crippen LogP contribution in [0.25, 0.3) is 0 Å². The average molecular weight is 498 g/mol. The van der Waals surface area contributed by atoms with Crippen LogP contribution in [0.3, 0.4) is 0 Å². The largest absolute Gasteiger partial charge is 0.418 e. The molecular formula is C15H5ClF9N3O4. The first-order chi connectivity index (χ1) is 14.3. The van der Waals surface area contributed by atoms with Crippen molar-refractivity contribution in [2.24, 2.45) is 0 Å². The van der Waals surface area contributed by atoms with Gasteiger partial charge in [-0.3, -0.25) is 20.2 Å². The molecule has 0 saturated heterocycles. The van der Waals surface area contributed by atoms with Gasteiger partial charge in [0.1, 0.15) is 5.69 Å². The third kappa shape index (κ3) is 5.12. The fourth-order valence-corrected chi connectivity index (χ4v) is 2.70. The molecule has 0 amide bonds. The number of halogens is 10. The molecule has 0 radical (unpaired) electrons. The van der Waals surface area contributed by atoms with Crippen molar-refractivity contribution < 1.29 is 49.4 Å². The Hall–Kier alpha value is -3.30. The summed E-state index contributed by atoms with van der Waals surface area (Å²) in [6.07, 6.45) is -16.4. The van der Waals surface area contributed by atoms with E-state index in [0.29, 0.717) is 0 Å². The molecule has 2 rings (SSSR count). The smallest absolute Gasteiger partial charge is 0.348 e. The van der Waals surface area contributed by atoms with E-state index in [-0.39, 0.29) is 18.2 Å². The Morgan fingerprint density at radius 2 is 1.28 bits per heavy atom. The Labute approximate surface area is 174 Å². The number of rotatable bonds is 4. The van der Waals surface area contributed by atoms with Crippen LogP contribution < -0.4 is 5.32 Å². The van der Waals surface area contributed by atoms with E-state index >= 15 is 0 Å². The van der Waals surface area contributed by atoms with Gasteiger partial charge in [0.05, 0.1) is 43.3 Å². The van der Waals surface area contributed by atoms with Crippen LogP contribution in [0.2, 0.25) is 5.02 Å². The van der Waals surface area contributed by atoms with Gasteiger partial charge in [-0.25, -0.2) is 0 Å². The molecule has 0 spiro atoms. The zero-order valence-electron chi connectivity index (χ0n) is 14.6. The molecule has 0 unspecified atom stereocenters. The average Bonchev–Trinajstić information content (AvgIpc) is 2.59. The van der Waals surface area contributed by atoms with Crippen molar-refractivity contribution in [3.63, 3.8) is 0 Å². The van der Waals surface area contributed by atoms with Gasteiger partial charge in [0.15, 0.2) is 0 Å². The summed E-state index contributed by atoms with van der Waals surface area (Å²) in [6, 6.07) is -0.628. The minimum atomic E-state index is -5.54. The van der Waals surface area contributed by atoms with E-state index in [0.717, 1.165) is 0 Å². The number of non-ortho nitro benzene ring substituents is 1. The second kappa shape index (κ2) is 7.99. The maximum atomic E-state index is 13.4. The number of nitro benzene ring substituents is 2. The summed E-state index contributed by atoms with van der Waals surface area (Å²) in [4.78, 5) is 19.0. The van der Waals surface area contributed by atoms with E-state index in [1.54, 1.807) is 0 Å². The van der Waals surface area contributed by atoms with Crippen molar-refractivity contribution in [3.8, 4) is 0 Å². The van der Waals surface area contributed by atoms with Gasteiger partial charge < -0.3 is 5.32 Å². The normalized spacial score (nSPS) is 12.6. The molecule has 0 aromatic heterocycles. The molecule has 2 aromatic carbocycles. The highest BCUT2D eigenvalue weighted by molar-refractivity contribution is 6.34. The highest BCUT2D eigenvalue weighted by Gasteiger charge is 2.42. The van der Waals surface area contributed by atoms with Crippen molar-refractivity contribution in [1.29, 1.82) is 0 Å². The molecule has 0 fully saturated rings. The van der Waals surface area contributed by atoms with Crippen LogP contribution >= 0.6 is 11.6 Å². The van der Waals surface area contributed by atoms with Crippen LogP contribution in [-0.2, 0) is 18.5 Å². The number of nitrogens with one attached hydrogen (secondary N) is 1. The third-order valence-corrected chi connectivity index (χ3v) is 4.19. The SMILES string of the molecule is O=[N+]([O-])c1cc([N+](=O)[O-])c(Nc2cc(C(F)(F)F)cc(C(F)(F)F)c2Cl)c(C(F)(F)F)c1. The number of alkyl halides is 9. The van der Waals surface area contributed by atoms with Crippen molar-refractivity contribution in [3.05, 3.63) is 66.2 Å². The van der Waals surface area contributed by atoms with Crippen LogP contribution in [0.1, 0.15) is 16.7 Å². The van der Waals surface area contributed by atoms with Gasteiger partial charge in [0, 0.05) is 6.07 Å². The van der Waals surface area contributed by atoms with Gasteiger partial charge in [-0.2, -0.15) is 39.5 Å². The molecule has 0 aliphatic carbocycles. The molecule has 0 atom stereocenters. The summed E-state index contributed by atoms with van der Waals surface area (Å²) in [7, 11) is 0. The van der Waals surface area contributed by atoms with Gasteiger partial charge in [0.25, 0.3) is 11.4 Å². The zero-order valence-corrected chi connectivity index (χ0v) is 15.4. The van der Waals surface area contributed by atoms with Crippen LogP contribution in [-0.4, -0.2) is 9.85 Å². The molecule has 0 bridgehead atoms. The number of anilines is 2. The van der Waals surface area contributed by atoms with E-state index in [1.807, 2.05) is 0 Å². The van der Waals surface area contributed by atoms with E-state index in [2.05, 4.69) is 0 Å². The molecule has 174 valence electrons. The molecule has 0 aliphatic rings. The second-order valence-electron chi connectivity index (χ2n) is 5.91. The first-order valence-corrected chi connectivity index (χ1v) is 8.00. The first kappa shape index (κ1) is 25.0. The predicted octanol–water partition coefficient (Wildman–Crippen LogP) is 6.96. The standard InChI is InChI=1S/C15H5ClF9N3O4/c16-11-7(14(20,21)22)1-5(13(17,18)19)2-9(11)26-12-8(15(23,24)25)3-6(27(29)30)4-10(12)28(31)32/h1-4,26H. The molecule has 0 aliphatic heterocycles. The summed E-state index contributed by atoms with van der Waals surface area (Å²) in [5.41, 5.74) is -12.3. The fraction of sp³-hybridized carbons (Fsp3) is 0.200. The monoisotopic (exact) mass is 497 g/mol. The number of hydrogen-bond donors (Lipinski definition) is 1. The topological polar surface area (TPSA) is 98.3 Å². The first-order valence-electron chi connectivity index (χ1n) is 7.63. The number of nitro groups is 2. The molecule has 2 aromatic rings. The lowest BCUT2D eigenvalue weighted by Crippen LogP contribution is -2.15. The van der Waals surface area contributed by atoms with Crippen molar-refractivity contribution >= 4 is 34.4 Å². The van der Waals surface area contributed by atoms with Crippen molar-refractivity contribution in [2.45, 2.75) is 18.5 Å². The summed E-state index contributed by atoms with van der Waals surface area (Å²) in [5.74, 6) is 0. The summed E-state index contributed by atoms with van der Waals surface area (Å²) in [5, 5.41) is 21.9. The molecule has 0 saturated carbocycles. The fourth-order valence-electron chi connectivity index (χ4n) is 2.44. The molecule has 1 N–H and O–H groups in total. The maximum Gasteiger partial charge on any atom is 0.418 e. The molecule has 17 heteroatoms. The van der Waals surface area contributed by atoms with E-state index in [9.17, 15) is 59.7 Å². The van der Waals surface area contributed by atoms with Gasteiger partial charge >= 0.3 is 18.5 Å². The lowest BCUT2D eigenvalue weighted by Gasteiger charge is -2.19. The summed E-state index contributed by atoms with van der Waals surface area (Å²) >= 11 is 5.44. The molecule has 0 heterocycles. The van der Waals surface area contributed by atoms with Crippen LogP contribution in [0, 0.1) is 20.2 Å². The minimum absolute atomic E-state index is 0.0454. The van der Waals surface area contributed by atoms with E-state index < -0.39 is 78.9 Å². The zero-order chi connectivity index (χ0) is 24.8. The minimum Gasteiger partial charge on any atom is -0.348 e. The Morgan fingerprint density at radius 3 is 1.69 bits per heavy atom. The Balaban J connectivity index is 2.89. The number of nitrogens with zero attached hydrogens (tertiary/aromatic N) is 2. The van der Waals surface area contributed by atoms with E-state index in [1.165, 1.54) is 5.32 Å². The molecular weight excluding hydrogens is 493 g/mol. The van der Waals surface area contributed by atoms with Gasteiger partial charge in [0.2, 0.25) is 0 Å². The lowest BCUT2D eigenvalue weighted by atomic mass is 10.1.